The van der Waals surface area contributed by atoms with Crippen molar-refractivity contribution in [1.82, 2.24) is 0 Å². The number of ether oxygens (including phenoxy) is 9. The first-order valence-corrected chi connectivity index (χ1v) is 26.5. The van der Waals surface area contributed by atoms with E-state index < -0.39 is 142 Å². The fourth-order valence-corrected chi connectivity index (χ4v) is 14.6. The van der Waals surface area contributed by atoms with Gasteiger partial charge in [-0.15, -0.1) is 0 Å². The van der Waals surface area contributed by atoms with Crippen LogP contribution < -0.4 is 0 Å². The second-order valence-corrected chi connectivity index (χ2v) is 23.5. The van der Waals surface area contributed by atoms with E-state index in [-0.39, 0.29) is 41.5 Å². The van der Waals surface area contributed by atoms with Gasteiger partial charge in [-0.2, -0.15) is 0 Å². The van der Waals surface area contributed by atoms with Crippen molar-refractivity contribution >= 4 is 0 Å². The number of fused-ring (bicyclic) bond motifs is 7. The van der Waals surface area contributed by atoms with Gasteiger partial charge in [0.1, 0.15) is 103 Å². The second-order valence-electron chi connectivity index (χ2n) is 23.5. The van der Waals surface area contributed by atoms with Crippen LogP contribution in [0.2, 0.25) is 0 Å². The zero-order chi connectivity index (χ0) is 52.8. The summed E-state index contributed by atoms with van der Waals surface area (Å²) in [6.07, 6.45) is -18.6. The average molecular weight is 1050 g/mol. The number of rotatable bonds is 13. The fraction of sp³-hybridized carbons (Fsp3) is 0.922. The van der Waals surface area contributed by atoms with Gasteiger partial charge in [0.05, 0.1) is 38.1 Å². The first-order valence-electron chi connectivity index (χ1n) is 26.5. The molecule has 0 aromatic rings. The summed E-state index contributed by atoms with van der Waals surface area (Å²) in [5, 5.41) is 139. The van der Waals surface area contributed by atoms with Gasteiger partial charge in [-0.25, -0.2) is 0 Å². The molecule has 0 aromatic heterocycles. The van der Waals surface area contributed by atoms with Gasteiger partial charge >= 0.3 is 0 Å². The minimum absolute atomic E-state index is 0.0864. The molecule has 0 unspecified atom stereocenters. The van der Waals surface area contributed by atoms with Gasteiger partial charge in [-0.05, 0) is 113 Å². The van der Waals surface area contributed by atoms with Crippen molar-refractivity contribution in [2.24, 2.45) is 40.4 Å². The van der Waals surface area contributed by atoms with Crippen LogP contribution >= 0.6 is 0 Å². The molecule has 418 valence electrons. The molecule has 0 bridgehead atoms. The highest BCUT2D eigenvalue weighted by atomic mass is 16.8. The number of hydrogen-bond acceptors (Lipinski definition) is 22. The average Bonchev–Trinajstić information content (AvgIpc) is 3.82. The maximum atomic E-state index is 12.3. The lowest BCUT2D eigenvalue weighted by molar-refractivity contribution is -0.376. The molecular weight excluding hydrogens is 965 g/mol. The first kappa shape index (κ1) is 56.2. The van der Waals surface area contributed by atoms with Gasteiger partial charge in [-0.1, -0.05) is 32.4 Å². The van der Waals surface area contributed by atoms with E-state index in [1.54, 1.807) is 0 Å². The van der Waals surface area contributed by atoms with Crippen LogP contribution in [0.3, 0.4) is 0 Å². The summed E-state index contributed by atoms with van der Waals surface area (Å²) >= 11 is 0. The minimum atomic E-state index is -1.79. The van der Waals surface area contributed by atoms with Crippen molar-refractivity contribution < 1.29 is 109 Å². The molecule has 0 aromatic carbocycles. The standard InChI is InChI=1S/C51H82O22/c1-20(19-65-45-38(60)35(57)33(55)29(17-52)70-45)7-10-31-51(6,64)44-28(69-31)16-27-25-9-8-23-15-24(11-13-49(23,4)26(25)12-14-50(27,44)5)68-48-41(63)37(59)43(30(18-53)71-48)73-47-40(62)36(58)42(22(3)67-47)72-46-39(61)34(56)32(54)21(2)66-46/h8,10,20-22,24-30,32-48,52-64H,7,9,11-19H2,1-6H3/b31-10+/t20-,21+,22+,24+,25-,26+,27+,28+,29-,30-,32+,33-,34-,35+,36+,37-,38-,39-,40-,41-,42+,43-,44+,45-,46+,47+,48-,49+,50+,51+/m1/s1. The zero-order valence-electron chi connectivity index (χ0n) is 42.5. The molecule has 4 aliphatic carbocycles. The third kappa shape index (κ3) is 10.0. The van der Waals surface area contributed by atoms with Crippen molar-refractivity contribution in [3.63, 3.8) is 0 Å². The van der Waals surface area contributed by atoms with Crippen LogP contribution in [0.1, 0.15) is 92.9 Å². The smallest absolute Gasteiger partial charge is 0.187 e. The zero-order valence-corrected chi connectivity index (χ0v) is 42.5. The maximum Gasteiger partial charge on any atom is 0.187 e. The lowest BCUT2D eigenvalue weighted by atomic mass is 9.46. The molecule has 22 nitrogen and oxygen atoms in total. The van der Waals surface area contributed by atoms with E-state index in [9.17, 15) is 66.4 Å². The third-order valence-electron chi connectivity index (χ3n) is 18.9. The summed E-state index contributed by atoms with van der Waals surface area (Å²) in [6.45, 7) is 10.4. The van der Waals surface area contributed by atoms with Crippen LogP contribution in [-0.2, 0) is 42.6 Å². The molecule has 9 aliphatic rings. The van der Waals surface area contributed by atoms with Crippen molar-refractivity contribution in [3.05, 3.63) is 23.5 Å². The van der Waals surface area contributed by atoms with Crippen molar-refractivity contribution in [3.8, 4) is 0 Å². The van der Waals surface area contributed by atoms with E-state index in [1.165, 1.54) is 19.4 Å². The highest BCUT2D eigenvalue weighted by Gasteiger charge is 2.69. The van der Waals surface area contributed by atoms with Crippen LogP contribution in [0, 0.1) is 40.4 Å². The summed E-state index contributed by atoms with van der Waals surface area (Å²) in [5.41, 5.74) is -0.206. The number of aliphatic hydroxyl groups excluding tert-OH is 12. The molecule has 3 saturated carbocycles. The lowest BCUT2D eigenvalue weighted by Gasteiger charge is -2.58. The molecule has 5 heterocycles. The van der Waals surface area contributed by atoms with E-state index in [2.05, 4.69) is 19.9 Å². The Morgan fingerprint density at radius 2 is 1.25 bits per heavy atom. The van der Waals surface area contributed by atoms with E-state index in [0.29, 0.717) is 42.8 Å². The monoisotopic (exact) mass is 1050 g/mol. The molecule has 13 N–H and O–H groups in total. The molecule has 0 spiro atoms. The minimum Gasteiger partial charge on any atom is -0.492 e. The van der Waals surface area contributed by atoms with E-state index in [0.717, 1.165) is 32.1 Å². The molecule has 0 amide bonds. The maximum absolute atomic E-state index is 12.3. The van der Waals surface area contributed by atoms with Gasteiger partial charge < -0.3 is 109 Å². The predicted octanol–water partition coefficient (Wildman–Crippen LogP) is -2.06. The molecule has 0 radical (unpaired) electrons. The van der Waals surface area contributed by atoms with E-state index >= 15 is 0 Å². The molecule has 5 aliphatic heterocycles. The van der Waals surface area contributed by atoms with E-state index in [4.69, 9.17) is 42.6 Å². The Bertz CT molecular complexity index is 1960. The first-order chi connectivity index (χ1) is 34.4. The quantitative estimate of drug-likeness (QED) is 0.0882. The predicted molar refractivity (Wildman–Crippen MR) is 249 cm³/mol. The normalized spacial score (nSPS) is 54.9. The number of hydrogen-bond donors (Lipinski definition) is 13. The molecule has 73 heavy (non-hydrogen) atoms. The fourth-order valence-electron chi connectivity index (χ4n) is 14.6. The summed E-state index contributed by atoms with van der Waals surface area (Å²) in [6, 6.07) is 0. The number of aliphatic hydroxyl groups is 13. The molecule has 22 heteroatoms. The Balaban J connectivity index is 0.780. The van der Waals surface area contributed by atoms with Crippen LogP contribution in [0.5, 0.6) is 0 Å². The van der Waals surface area contributed by atoms with Crippen LogP contribution in [0.4, 0.5) is 0 Å². The molecular formula is C51H82O22. The summed E-state index contributed by atoms with van der Waals surface area (Å²) in [4.78, 5) is 0. The lowest BCUT2D eigenvalue weighted by Crippen LogP contribution is -2.65. The van der Waals surface area contributed by atoms with Crippen LogP contribution in [0.15, 0.2) is 23.5 Å². The van der Waals surface area contributed by atoms with Crippen LogP contribution in [0.25, 0.3) is 0 Å². The Labute approximate surface area is 425 Å². The molecule has 8 fully saturated rings. The van der Waals surface area contributed by atoms with E-state index in [1.807, 2.05) is 19.9 Å². The summed E-state index contributed by atoms with van der Waals surface area (Å²) in [7, 11) is 0. The Morgan fingerprint density at radius 1 is 0.658 bits per heavy atom. The molecule has 5 saturated heterocycles. The largest absolute Gasteiger partial charge is 0.492 e. The van der Waals surface area contributed by atoms with Gasteiger partial charge in [0.25, 0.3) is 0 Å². The molecule has 9 rings (SSSR count). The Hall–Kier alpha value is -1.56. The van der Waals surface area contributed by atoms with Gasteiger partial charge in [0.2, 0.25) is 0 Å². The van der Waals surface area contributed by atoms with Crippen molar-refractivity contribution in [2.45, 2.75) is 234 Å². The number of allylic oxidation sites excluding steroid dienone is 2. The van der Waals surface area contributed by atoms with Crippen LogP contribution in [-0.4, -0.2) is 227 Å². The highest BCUT2D eigenvalue weighted by molar-refractivity contribution is 5.29. The highest BCUT2D eigenvalue weighted by Crippen LogP contribution is 2.70. The van der Waals surface area contributed by atoms with Crippen molar-refractivity contribution in [1.29, 1.82) is 0 Å². The van der Waals surface area contributed by atoms with Crippen molar-refractivity contribution in [2.75, 3.05) is 19.8 Å². The SMILES string of the molecule is C[C@H](C/C=C1/O[C@H]2C[C@H]3[C@@H]4CC=C5C[C@@H](O[C@@H]6O[C@H](CO)[C@@H](O[C@@H]7O[C@@H](C)[C@H](O[C@@H]8O[C@@H](C)[C@H](O)[C@@H](O)[C@H]8O)[C@@H](O)[C@H]7O)[C@H](O)[C@H]6O)CC[C@]5(C)[C@H]4CC[C@]3(C)[C@H]2[C@@]1(C)O)CO[C@@H]1O[C@H](CO)[C@@H](O)[C@H](O)[C@H]1O. The topological polar surface area (TPSA) is 346 Å². The Kier molecular flexibility index (Phi) is 16.6. The summed E-state index contributed by atoms with van der Waals surface area (Å²) < 4.78 is 53.4. The van der Waals surface area contributed by atoms with Gasteiger partial charge in [-0.3, -0.25) is 0 Å². The second kappa shape index (κ2) is 21.6. The Morgan fingerprint density at radius 3 is 1.93 bits per heavy atom. The van der Waals surface area contributed by atoms with Gasteiger partial charge in [0, 0.05) is 5.92 Å². The van der Waals surface area contributed by atoms with Gasteiger partial charge in [0.15, 0.2) is 25.2 Å². The third-order valence-corrected chi connectivity index (χ3v) is 18.9. The molecule has 30 atom stereocenters. The summed E-state index contributed by atoms with van der Waals surface area (Å²) in [5.74, 6) is 1.45.